The number of nitrogens with zero attached hydrogens (tertiary/aromatic N) is 1. The Bertz CT molecular complexity index is 669. The van der Waals surface area contributed by atoms with Gasteiger partial charge in [-0.15, -0.1) is 11.8 Å². The smallest absolute Gasteiger partial charge is 0.254 e. The summed E-state index contributed by atoms with van der Waals surface area (Å²) in [6.07, 6.45) is 9.85. The van der Waals surface area contributed by atoms with E-state index < -0.39 is 0 Å². The number of rotatable bonds is 7. The molecular formula is C21H26N2OS. The molecule has 4 heteroatoms. The minimum Gasteiger partial charge on any atom is -0.349 e. The normalized spacial score (nSPS) is 15.0. The number of thioether (sulfide) groups is 1. The lowest BCUT2D eigenvalue weighted by Gasteiger charge is -2.23. The van der Waals surface area contributed by atoms with Crippen molar-refractivity contribution in [2.75, 3.05) is 5.75 Å². The number of carbonyl (C=O) groups is 1. The fourth-order valence-electron chi connectivity index (χ4n) is 3.28. The summed E-state index contributed by atoms with van der Waals surface area (Å²) in [5.41, 5.74) is 2.08. The molecule has 3 rings (SSSR count). The second-order valence-corrected chi connectivity index (χ2v) is 7.69. The lowest BCUT2D eigenvalue weighted by atomic mass is 9.95. The summed E-state index contributed by atoms with van der Waals surface area (Å²) in [6.45, 7) is 0. The molecule has 0 unspecified atom stereocenters. The molecule has 1 amide bonds. The summed E-state index contributed by atoms with van der Waals surface area (Å²) in [5, 5.41) is 4.05. The highest BCUT2D eigenvalue weighted by Crippen LogP contribution is 2.23. The minimum absolute atomic E-state index is 0.0329. The summed E-state index contributed by atoms with van der Waals surface area (Å²) in [4.78, 5) is 17.1. The van der Waals surface area contributed by atoms with Gasteiger partial charge in [0.15, 0.2) is 0 Å². The van der Waals surface area contributed by atoms with Crippen molar-refractivity contribution in [1.29, 1.82) is 0 Å². The van der Waals surface area contributed by atoms with E-state index in [0.717, 1.165) is 42.0 Å². The summed E-state index contributed by atoms with van der Waals surface area (Å²) < 4.78 is 0. The molecule has 1 aromatic heterocycles. The lowest BCUT2D eigenvalue weighted by molar-refractivity contribution is 0.0924. The number of carbonyl (C=O) groups excluding carboxylic acids is 1. The highest BCUT2D eigenvalue weighted by molar-refractivity contribution is 7.99. The maximum Gasteiger partial charge on any atom is 0.254 e. The van der Waals surface area contributed by atoms with E-state index in [9.17, 15) is 4.79 Å². The van der Waals surface area contributed by atoms with Crippen LogP contribution in [0.1, 0.15) is 54.4 Å². The third-order valence-corrected chi connectivity index (χ3v) is 5.74. The van der Waals surface area contributed by atoms with Crippen LogP contribution in [0.3, 0.4) is 0 Å². The quantitative estimate of drug-likeness (QED) is 0.570. The van der Waals surface area contributed by atoms with Crippen LogP contribution in [0.4, 0.5) is 0 Å². The highest BCUT2D eigenvalue weighted by atomic mass is 32.2. The van der Waals surface area contributed by atoms with Crippen molar-refractivity contribution in [2.24, 2.45) is 0 Å². The summed E-state index contributed by atoms with van der Waals surface area (Å²) in [6, 6.07) is 14.6. The van der Waals surface area contributed by atoms with Gasteiger partial charge in [-0.05, 0) is 49.1 Å². The van der Waals surface area contributed by atoms with Gasteiger partial charge in [-0.2, -0.15) is 0 Å². The first kappa shape index (κ1) is 18.0. The molecule has 1 N–H and O–H groups in total. The van der Waals surface area contributed by atoms with E-state index in [0.29, 0.717) is 6.04 Å². The summed E-state index contributed by atoms with van der Waals surface area (Å²) in [5.74, 6) is 1.00. The molecular weight excluding hydrogens is 328 g/mol. The third-order valence-electron chi connectivity index (χ3n) is 4.65. The van der Waals surface area contributed by atoms with Crippen molar-refractivity contribution in [1.82, 2.24) is 10.3 Å². The molecule has 0 bridgehead atoms. The van der Waals surface area contributed by atoms with Crippen LogP contribution in [0.5, 0.6) is 0 Å². The molecule has 1 aliphatic rings. The molecule has 25 heavy (non-hydrogen) atoms. The number of amides is 1. The van der Waals surface area contributed by atoms with Crippen molar-refractivity contribution in [3.8, 4) is 0 Å². The van der Waals surface area contributed by atoms with Crippen LogP contribution in [-0.2, 0) is 6.42 Å². The molecule has 1 saturated carbocycles. The molecule has 1 aliphatic carbocycles. The van der Waals surface area contributed by atoms with Gasteiger partial charge in [0.1, 0.15) is 5.03 Å². The second-order valence-electron chi connectivity index (χ2n) is 6.60. The largest absolute Gasteiger partial charge is 0.349 e. The Kier molecular flexibility index (Phi) is 6.92. The molecule has 1 fully saturated rings. The van der Waals surface area contributed by atoms with Gasteiger partial charge in [0, 0.05) is 12.2 Å². The zero-order valence-electron chi connectivity index (χ0n) is 14.6. The first-order valence-electron chi connectivity index (χ1n) is 9.25. The van der Waals surface area contributed by atoms with Gasteiger partial charge < -0.3 is 5.32 Å². The van der Waals surface area contributed by atoms with Crippen LogP contribution in [0.2, 0.25) is 0 Å². The predicted molar refractivity (Wildman–Crippen MR) is 104 cm³/mol. The van der Waals surface area contributed by atoms with Crippen molar-refractivity contribution in [2.45, 2.75) is 56.0 Å². The third kappa shape index (κ3) is 5.60. The number of nitrogens with one attached hydrogen (secondary N) is 1. The fourth-order valence-corrected chi connectivity index (χ4v) is 4.21. The van der Waals surface area contributed by atoms with Crippen molar-refractivity contribution in [3.63, 3.8) is 0 Å². The van der Waals surface area contributed by atoms with Gasteiger partial charge in [0.25, 0.3) is 5.91 Å². The van der Waals surface area contributed by atoms with Crippen molar-refractivity contribution >= 4 is 17.7 Å². The summed E-state index contributed by atoms with van der Waals surface area (Å²) in [7, 11) is 0. The number of hydrogen-bond acceptors (Lipinski definition) is 3. The van der Waals surface area contributed by atoms with E-state index in [1.54, 1.807) is 18.0 Å². The van der Waals surface area contributed by atoms with Crippen LogP contribution in [0.25, 0.3) is 0 Å². The number of pyridine rings is 1. The standard InChI is InChI=1S/C21H26N2OS/c24-20(23-18-12-5-2-6-13-18)19-14-7-15-22-21(19)25-16-8-11-17-9-3-1-4-10-17/h1,3-4,7,9-10,14-15,18H,2,5-6,8,11-13,16H2,(H,23,24). The molecule has 0 atom stereocenters. The molecule has 0 radical (unpaired) electrons. The van der Waals surface area contributed by atoms with Crippen LogP contribution in [0.15, 0.2) is 53.7 Å². The Morgan fingerprint density at radius 1 is 1.08 bits per heavy atom. The Balaban J connectivity index is 1.52. The van der Waals surface area contributed by atoms with Gasteiger partial charge in [-0.1, -0.05) is 49.6 Å². The topological polar surface area (TPSA) is 42.0 Å². The maximum absolute atomic E-state index is 12.6. The number of aryl methyl sites for hydroxylation is 1. The van der Waals surface area contributed by atoms with E-state index in [1.807, 2.05) is 18.2 Å². The molecule has 2 aromatic rings. The molecule has 0 spiro atoms. The maximum atomic E-state index is 12.6. The van der Waals surface area contributed by atoms with Gasteiger partial charge in [0.05, 0.1) is 5.56 Å². The van der Waals surface area contributed by atoms with Gasteiger partial charge in [-0.25, -0.2) is 4.98 Å². The van der Waals surface area contributed by atoms with Gasteiger partial charge in [0.2, 0.25) is 0 Å². The van der Waals surface area contributed by atoms with Crippen LogP contribution < -0.4 is 5.32 Å². The average molecular weight is 355 g/mol. The van der Waals surface area contributed by atoms with E-state index >= 15 is 0 Å². The molecule has 0 aliphatic heterocycles. The second kappa shape index (κ2) is 9.62. The number of aromatic nitrogens is 1. The van der Waals surface area contributed by atoms with E-state index in [1.165, 1.54) is 24.8 Å². The highest BCUT2D eigenvalue weighted by Gasteiger charge is 2.19. The zero-order valence-corrected chi connectivity index (χ0v) is 15.4. The van der Waals surface area contributed by atoms with Crippen LogP contribution >= 0.6 is 11.8 Å². The predicted octanol–water partition coefficient (Wildman–Crippen LogP) is 4.87. The summed E-state index contributed by atoms with van der Waals surface area (Å²) >= 11 is 1.68. The Morgan fingerprint density at radius 3 is 2.68 bits per heavy atom. The van der Waals surface area contributed by atoms with Crippen molar-refractivity contribution in [3.05, 3.63) is 59.8 Å². The molecule has 1 heterocycles. The van der Waals surface area contributed by atoms with E-state index in [-0.39, 0.29) is 5.91 Å². The molecule has 132 valence electrons. The average Bonchev–Trinajstić information content (AvgIpc) is 2.67. The molecule has 0 saturated heterocycles. The SMILES string of the molecule is O=C(NC1CCCCC1)c1cccnc1SCCCc1ccccc1. The minimum atomic E-state index is 0.0329. The first-order valence-corrected chi connectivity index (χ1v) is 10.2. The van der Waals surface area contributed by atoms with Gasteiger partial charge in [-0.3, -0.25) is 4.79 Å². The Morgan fingerprint density at radius 2 is 1.88 bits per heavy atom. The Labute approximate surface area is 154 Å². The van der Waals surface area contributed by atoms with E-state index in [4.69, 9.17) is 0 Å². The monoisotopic (exact) mass is 354 g/mol. The Hall–Kier alpha value is -1.81. The number of hydrogen-bond donors (Lipinski definition) is 1. The number of benzene rings is 1. The zero-order chi connectivity index (χ0) is 17.3. The van der Waals surface area contributed by atoms with Crippen molar-refractivity contribution < 1.29 is 4.79 Å². The first-order chi connectivity index (χ1) is 12.3. The molecule has 3 nitrogen and oxygen atoms in total. The lowest BCUT2D eigenvalue weighted by Crippen LogP contribution is -2.36. The molecule has 1 aromatic carbocycles. The van der Waals surface area contributed by atoms with E-state index in [2.05, 4.69) is 34.6 Å². The van der Waals surface area contributed by atoms with Crippen LogP contribution in [0, 0.1) is 0 Å². The fraction of sp³-hybridized carbons (Fsp3) is 0.429. The van der Waals surface area contributed by atoms with Gasteiger partial charge >= 0.3 is 0 Å². The van der Waals surface area contributed by atoms with Crippen LogP contribution in [-0.4, -0.2) is 22.7 Å².